The molecule has 1 saturated heterocycles. The normalized spacial score (nSPS) is 25.1. The molecule has 2 N–H and O–H groups in total. The zero-order valence-electron chi connectivity index (χ0n) is 17.6. The van der Waals surface area contributed by atoms with Crippen molar-refractivity contribution >= 4 is 29.6 Å². The van der Waals surface area contributed by atoms with E-state index in [2.05, 4.69) is 0 Å². The minimum absolute atomic E-state index is 0.315. The number of hydrogen-bond donors (Lipinski definition) is 1. The van der Waals surface area contributed by atoms with E-state index in [4.69, 9.17) is 34.2 Å². The van der Waals surface area contributed by atoms with Crippen LogP contribution in [0.1, 0.15) is 27.7 Å². The first kappa shape index (κ1) is 23.9. The molecule has 1 aliphatic heterocycles. The topological polar surface area (TPSA) is 150 Å². The minimum Gasteiger partial charge on any atom is -0.463 e. The van der Waals surface area contributed by atoms with Crippen molar-refractivity contribution in [2.75, 3.05) is 12.3 Å². The van der Waals surface area contributed by atoms with Crippen molar-refractivity contribution in [3.63, 3.8) is 0 Å². The summed E-state index contributed by atoms with van der Waals surface area (Å²) < 4.78 is 32.6. The van der Waals surface area contributed by atoms with Crippen LogP contribution >= 0.6 is 0 Å². The van der Waals surface area contributed by atoms with Crippen LogP contribution in [0, 0.1) is 0 Å². The van der Waals surface area contributed by atoms with Crippen molar-refractivity contribution in [1.29, 1.82) is 0 Å². The maximum Gasteiger partial charge on any atom is 0.303 e. The molecule has 0 spiro atoms. The Kier molecular flexibility index (Phi) is 8.20. The lowest BCUT2D eigenvalue weighted by Crippen LogP contribution is -2.63. The van der Waals surface area contributed by atoms with E-state index in [1.165, 1.54) is 6.92 Å². The second kappa shape index (κ2) is 10.6. The molecule has 0 aromatic heterocycles. The number of ether oxygens (including phenoxy) is 6. The summed E-state index contributed by atoms with van der Waals surface area (Å²) in [4.78, 5) is 46.5. The van der Waals surface area contributed by atoms with E-state index in [9.17, 15) is 19.2 Å². The molecule has 0 saturated carbocycles. The van der Waals surface area contributed by atoms with Gasteiger partial charge in [0.05, 0.1) is 0 Å². The quantitative estimate of drug-likeness (QED) is 0.364. The highest BCUT2D eigenvalue weighted by Crippen LogP contribution is 2.31. The van der Waals surface area contributed by atoms with Crippen LogP contribution in [0.3, 0.4) is 0 Å². The Labute approximate surface area is 178 Å². The van der Waals surface area contributed by atoms with Crippen molar-refractivity contribution in [1.82, 2.24) is 0 Å². The molecule has 0 aliphatic carbocycles. The summed E-state index contributed by atoms with van der Waals surface area (Å²) in [5.41, 5.74) is 6.17. The molecule has 0 unspecified atom stereocenters. The van der Waals surface area contributed by atoms with Crippen molar-refractivity contribution < 1.29 is 47.6 Å². The predicted octanol–water partition coefficient (Wildman–Crippen LogP) is 0.731. The van der Waals surface area contributed by atoms with E-state index in [0.717, 1.165) is 20.8 Å². The standard InChI is InChI=1S/C20H25NO10/c1-10(22)26-9-16-17(27-11(2)23)18(28-12(3)24)19(29-13(4)25)20(31-16)30-15-7-5-14(21)6-8-15/h5-8,16-20H,9,21H2,1-4H3/t16-,17-,18+,19-,20+/m1/s1. The number of carbonyl (C=O) groups excluding carboxylic acids is 4. The maximum atomic E-state index is 11.8. The van der Waals surface area contributed by atoms with Crippen LogP contribution in [-0.4, -0.2) is 61.2 Å². The van der Waals surface area contributed by atoms with E-state index in [1.807, 2.05) is 0 Å². The van der Waals surface area contributed by atoms with Gasteiger partial charge in [0.15, 0.2) is 12.2 Å². The molecule has 1 fully saturated rings. The number of anilines is 1. The summed E-state index contributed by atoms with van der Waals surface area (Å²) in [6, 6.07) is 6.29. The molecule has 2 rings (SSSR count). The van der Waals surface area contributed by atoms with Crippen molar-refractivity contribution in [2.24, 2.45) is 0 Å². The zero-order valence-corrected chi connectivity index (χ0v) is 17.6. The molecule has 0 amide bonds. The maximum absolute atomic E-state index is 11.8. The Morgan fingerprint density at radius 3 is 1.84 bits per heavy atom. The van der Waals surface area contributed by atoms with Gasteiger partial charge in [-0.05, 0) is 24.3 Å². The number of nitrogen functional groups attached to an aromatic ring is 1. The Morgan fingerprint density at radius 2 is 1.32 bits per heavy atom. The zero-order chi connectivity index (χ0) is 23.1. The molecular formula is C20H25NO10. The summed E-state index contributed by atoms with van der Waals surface area (Å²) >= 11 is 0. The molecular weight excluding hydrogens is 414 g/mol. The number of esters is 4. The highest BCUT2D eigenvalue weighted by molar-refractivity contribution is 5.68. The second-order valence-corrected chi connectivity index (χ2v) is 6.75. The minimum atomic E-state index is -1.29. The lowest BCUT2D eigenvalue weighted by molar-refractivity contribution is -0.288. The van der Waals surface area contributed by atoms with Crippen LogP contribution in [0.2, 0.25) is 0 Å². The molecule has 0 radical (unpaired) electrons. The largest absolute Gasteiger partial charge is 0.463 e. The molecule has 5 atom stereocenters. The van der Waals surface area contributed by atoms with Gasteiger partial charge in [0.2, 0.25) is 12.4 Å². The molecule has 1 aliphatic rings. The van der Waals surface area contributed by atoms with E-state index in [0.29, 0.717) is 11.4 Å². The monoisotopic (exact) mass is 439 g/mol. The van der Waals surface area contributed by atoms with Gasteiger partial charge in [-0.3, -0.25) is 19.2 Å². The van der Waals surface area contributed by atoms with Gasteiger partial charge in [-0.1, -0.05) is 0 Å². The van der Waals surface area contributed by atoms with Gasteiger partial charge in [0.1, 0.15) is 18.5 Å². The van der Waals surface area contributed by atoms with Crippen LogP contribution in [0.5, 0.6) is 5.75 Å². The van der Waals surface area contributed by atoms with Gasteiger partial charge in [-0.2, -0.15) is 0 Å². The summed E-state index contributed by atoms with van der Waals surface area (Å²) in [6.45, 7) is 4.29. The predicted molar refractivity (Wildman–Crippen MR) is 103 cm³/mol. The van der Waals surface area contributed by atoms with Crippen LogP contribution in [0.4, 0.5) is 5.69 Å². The first-order chi connectivity index (χ1) is 14.6. The molecule has 1 aromatic carbocycles. The first-order valence-corrected chi connectivity index (χ1v) is 9.39. The first-order valence-electron chi connectivity index (χ1n) is 9.39. The van der Waals surface area contributed by atoms with Gasteiger partial charge < -0.3 is 34.2 Å². The lowest BCUT2D eigenvalue weighted by Gasteiger charge is -2.43. The SMILES string of the molecule is CC(=O)OC[C@H]1O[C@H](Oc2ccc(N)cc2)[C@H](OC(C)=O)[C@@H](OC(C)=O)[C@@H]1OC(C)=O. The van der Waals surface area contributed by atoms with Crippen LogP contribution in [0.15, 0.2) is 24.3 Å². The molecule has 1 aromatic rings. The number of hydrogen-bond acceptors (Lipinski definition) is 11. The highest BCUT2D eigenvalue weighted by Gasteiger charge is 2.53. The van der Waals surface area contributed by atoms with Crippen molar-refractivity contribution in [3.05, 3.63) is 24.3 Å². The average molecular weight is 439 g/mol. The third-order valence-electron chi connectivity index (χ3n) is 4.08. The van der Waals surface area contributed by atoms with E-state index < -0.39 is 54.6 Å². The van der Waals surface area contributed by atoms with Crippen LogP contribution in [-0.2, 0) is 42.9 Å². The fourth-order valence-corrected chi connectivity index (χ4v) is 2.96. The Morgan fingerprint density at radius 1 is 0.806 bits per heavy atom. The number of carbonyl (C=O) groups is 4. The van der Waals surface area contributed by atoms with Gasteiger partial charge in [-0.25, -0.2) is 0 Å². The van der Waals surface area contributed by atoms with Crippen molar-refractivity contribution in [3.8, 4) is 5.75 Å². The summed E-state index contributed by atoms with van der Waals surface area (Å²) in [6.07, 6.45) is -6.20. The average Bonchev–Trinajstić information content (AvgIpc) is 2.65. The summed E-state index contributed by atoms with van der Waals surface area (Å²) in [7, 11) is 0. The molecule has 11 nitrogen and oxygen atoms in total. The molecule has 0 bridgehead atoms. The van der Waals surface area contributed by atoms with Gasteiger partial charge in [0, 0.05) is 33.4 Å². The third kappa shape index (κ3) is 7.14. The Hall–Kier alpha value is -3.34. The number of rotatable bonds is 7. The van der Waals surface area contributed by atoms with E-state index in [-0.39, 0.29) is 6.61 Å². The number of nitrogens with two attached hydrogens (primary N) is 1. The highest BCUT2D eigenvalue weighted by atomic mass is 16.7. The third-order valence-corrected chi connectivity index (χ3v) is 4.08. The smallest absolute Gasteiger partial charge is 0.303 e. The second-order valence-electron chi connectivity index (χ2n) is 6.75. The van der Waals surface area contributed by atoms with Gasteiger partial charge >= 0.3 is 23.9 Å². The van der Waals surface area contributed by atoms with E-state index >= 15 is 0 Å². The van der Waals surface area contributed by atoms with Gasteiger partial charge in [0.25, 0.3) is 0 Å². The molecule has 11 heteroatoms. The molecule has 170 valence electrons. The Balaban J connectivity index is 2.43. The fraction of sp³-hybridized carbons (Fsp3) is 0.500. The van der Waals surface area contributed by atoms with Crippen LogP contribution in [0.25, 0.3) is 0 Å². The van der Waals surface area contributed by atoms with Crippen LogP contribution < -0.4 is 10.5 Å². The lowest BCUT2D eigenvalue weighted by atomic mass is 9.98. The summed E-state index contributed by atoms with van der Waals surface area (Å²) in [5, 5.41) is 0. The van der Waals surface area contributed by atoms with Gasteiger partial charge in [-0.15, -0.1) is 0 Å². The van der Waals surface area contributed by atoms with Crippen molar-refractivity contribution in [2.45, 2.75) is 58.4 Å². The summed E-state index contributed by atoms with van der Waals surface area (Å²) in [5.74, 6) is -2.43. The fourth-order valence-electron chi connectivity index (χ4n) is 2.96. The Bertz CT molecular complexity index is 809. The molecule has 31 heavy (non-hydrogen) atoms. The number of benzene rings is 1. The molecule has 1 heterocycles. The van der Waals surface area contributed by atoms with E-state index in [1.54, 1.807) is 24.3 Å².